The first-order valence-corrected chi connectivity index (χ1v) is 9.41. The van der Waals surface area contributed by atoms with Crippen LogP contribution in [0.25, 0.3) is 0 Å². The van der Waals surface area contributed by atoms with Crippen molar-refractivity contribution >= 4 is 21.4 Å². The van der Waals surface area contributed by atoms with E-state index in [-0.39, 0.29) is 11.6 Å². The van der Waals surface area contributed by atoms with Gasteiger partial charge in [-0.15, -0.1) is 11.3 Å². The second-order valence-electron chi connectivity index (χ2n) is 4.79. The van der Waals surface area contributed by atoms with Crippen LogP contribution in [-0.2, 0) is 16.6 Å². The van der Waals surface area contributed by atoms with E-state index in [4.69, 9.17) is 0 Å². The second-order valence-corrected chi connectivity index (χ2v) is 7.36. The van der Waals surface area contributed by atoms with Crippen molar-refractivity contribution in [2.24, 2.45) is 0 Å². The van der Waals surface area contributed by atoms with Crippen molar-refractivity contribution in [1.29, 1.82) is 0 Å². The summed E-state index contributed by atoms with van der Waals surface area (Å²) >= 11 is 1.20. The molecule has 1 N–H and O–H groups in total. The summed E-state index contributed by atoms with van der Waals surface area (Å²) in [5.41, 5.74) is 1.68. The van der Waals surface area contributed by atoms with Crippen LogP contribution < -0.4 is 4.72 Å². The molecule has 0 saturated heterocycles. The van der Waals surface area contributed by atoms with Crippen molar-refractivity contribution in [1.82, 2.24) is 14.7 Å². The van der Waals surface area contributed by atoms with E-state index in [1.165, 1.54) is 16.7 Å². The van der Waals surface area contributed by atoms with E-state index in [2.05, 4.69) is 26.5 Å². The van der Waals surface area contributed by atoms with E-state index in [1.807, 2.05) is 30.3 Å². The first kappa shape index (κ1) is 16.3. The van der Waals surface area contributed by atoms with Gasteiger partial charge in [0.1, 0.15) is 0 Å². The highest BCUT2D eigenvalue weighted by Crippen LogP contribution is 2.14. The third-order valence-electron chi connectivity index (χ3n) is 3.06. The first-order valence-electron chi connectivity index (χ1n) is 7.05. The minimum atomic E-state index is -3.66. The summed E-state index contributed by atoms with van der Waals surface area (Å²) in [5, 5.41) is 1.94. The quantitative estimate of drug-likeness (QED) is 0.730. The average Bonchev–Trinajstić information content (AvgIpc) is 3.10. The Morgan fingerprint density at radius 1 is 1.04 bits per heavy atom. The maximum absolute atomic E-state index is 12.3. The van der Waals surface area contributed by atoms with Gasteiger partial charge in [0.05, 0.1) is 0 Å². The van der Waals surface area contributed by atoms with Gasteiger partial charge in [-0.3, -0.25) is 4.98 Å². The number of nitrogens with zero attached hydrogens (tertiary/aromatic N) is 2. The number of hydrogen-bond acceptors (Lipinski definition) is 5. The highest BCUT2D eigenvalue weighted by atomic mass is 32.2. The fourth-order valence-electron chi connectivity index (χ4n) is 1.84. The van der Waals surface area contributed by atoms with Crippen LogP contribution in [0.3, 0.4) is 0 Å². The zero-order valence-corrected chi connectivity index (χ0v) is 14.1. The lowest BCUT2D eigenvalue weighted by Gasteiger charge is -2.03. The summed E-state index contributed by atoms with van der Waals surface area (Å²) in [7, 11) is -3.66. The molecular weight excluding hydrogens is 342 g/mol. The zero-order valence-electron chi connectivity index (χ0n) is 12.5. The third kappa shape index (κ3) is 4.26. The van der Waals surface area contributed by atoms with Gasteiger partial charge in [0.2, 0.25) is 0 Å². The van der Waals surface area contributed by atoms with Crippen molar-refractivity contribution < 1.29 is 8.42 Å². The monoisotopic (exact) mass is 355 g/mol. The van der Waals surface area contributed by atoms with Gasteiger partial charge in [0.15, 0.2) is 10.0 Å². The lowest BCUT2D eigenvalue weighted by Crippen LogP contribution is -2.23. The van der Waals surface area contributed by atoms with Crippen LogP contribution in [0, 0.1) is 11.8 Å². The number of aromatic nitrogens is 2. The summed E-state index contributed by atoms with van der Waals surface area (Å²) in [6.07, 6.45) is 3.23. The Morgan fingerprint density at radius 2 is 1.79 bits per heavy atom. The molecule has 0 radical (unpaired) electrons. The predicted octanol–water partition coefficient (Wildman–Crippen LogP) is 2.42. The normalized spacial score (nSPS) is 10.8. The van der Waals surface area contributed by atoms with Gasteiger partial charge in [0, 0.05) is 29.9 Å². The van der Waals surface area contributed by atoms with Crippen molar-refractivity contribution in [2.75, 3.05) is 0 Å². The fourth-order valence-corrected chi connectivity index (χ4v) is 3.79. The van der Waals surface area contributed by atoms with Crippen LogP contribution >= 0.6 is 11.3 Å². The molecule has 120 valence electrons. The molecule has 0 saturated carbocycles. The Hall–Kier alpha value is -2.53. The predicted molar refractivity (Wildman–Crippen MR) is 92.8 cm³/mol. The van der Waals surface area contributed by atoms with E-state index >= 15 is 0 Å². The first-order chi connectivity index (χ1) is 11.6. The minimum absolute atomic E-state index is 0.0149. The van der Waals surface area contributed by atoms with Crippen LogP contribution in [0.1, 0.15) is 16.1 Å². The van der Waals surface area contributed by atoms with Gasteiger partial charge in [0.25, 0.3) is 10.0 Å². The molecule has 0 aliphatic carbocycles. The minimum Gasteiger partial charge on any atom is -0.265 e. The molecule has 1 aromatic carbocycles. The summed E-state index contributed by atoms with van der Waals surface area (Å²) in [4.78, 5) is 7.99. The van der Waals surface area contributed by atoms with Gasteiger partial charge in [-0.1, -0.05) is 24.1 Å². The van der Waals surface area contributed by atoms with E-state index in [0.717, 1.165) is 11.1 Å². The molecule has 5 nitrogen and oxygen atoms in total. The number of pyridine rings is 1. The molecule has 0 atom stereocenters. The lowest BCUT2D eigenvalue weighted by molar-refractivity contribution is 0.578. The Morgan fingerprint density at radius 3 is 2.54 bits per heavy atom. The van der Waals surface area contributed by atoms with Crippen molar-refractivity contribution in [3.8, 4) is 11.8 Å². The van der Waals surface area contributed by atoms with Gasteiger partial charge in [-0.05, 0) is 35.7 Å². The molecule has 24 heavy (non-hydrogen) atoms. The highest BCUT2D eigenvalue weighted by molar-refractivity contribution is 7.89. The van der Waals surface area contributed by atoms with Crippen molar-refractivity contribution in [3.05, 3.63) is 76.4 Å². The number of sulfonamides is 1. The third-order valence-corrected chi connectivity index (χ3v) is 5.25. The molecule has 2 aromatic heterocycles. The lowest BCUT2D eigenvalue weighted by atomic mass is 10.2. The number of thiazole rings is 1. The standard InChI is InChI=1S/C17H13N3O2S2/c21-24(22,19-12-15-8-10-18-11-9-15)17-13-23-16(20-17)7-6-14-4-2-1-3-5-14/h1-5,8-11,13,19H,12H2. The van der Waals surface area contributed by atoms with Gasteiger partial charge in [-0.2, -0.15) is 0 Å². The number of hydrogen-bond donors (Lipinski definition) is 1. The summed E-state index contributed by atoms with van der Waals surface area (Å²) in [5.74, 6) is 5.84. The van der Waals surface area contributed by atoms with Crippen molar-refractivity contribution in [3.63, 3.8) is 0 Å². The smallest absolute Gasteiger partial charge is 0.259 e. The largest absolute Gasteiger partial charge is 0.265 e. The zero-order chi connectivity index (χ0) is 16.8. The maximum Gasteiger partial charge on any atom is 0.259 e. The molecule has 7 heteroatoms. The number of nitrogens with one attached hydrogen (secondary N) is 1. The van der Waals surface area contributed by atoms with E-state index in [9.17, 15) is 8.42 Å². The summed E-state index contributed by atoms with van der Waals surface area (Å²) < 4.78 is 27.0. The molecule has 0 fully saturated rings. The van der Waals surface area contributed by atoms with Crippen LogP contribution in [-0.4, -0.2) is 18.4 Å². The van der Waals surface area contributed by atoms with E-state index < -0.39 is 10.0 Å². The maximum atomic E-state index is 12.3. The molecule has 0 aliphatic heterocycles. The topological polar surface area (TPSA) is 72.0 Å². The molecule has 0 spiro atoms. The van der Waals surface area contributed by atoms with Crippen LogP contribution in [0.2, 0.25) is 0 Å². The molecule has 3 aromatic rings. The molecular formula is C17H13N3O2S2. The van der Waals surface area contributed by atoms with Crippen molar-refractivity contribution in [2.45, 2.75) is 11.6 Å². The summed E-state index contributed by atoms with van der Waals surface area (Å²) in [6, 6.07) is 13.0. The van der Waals surface area contributed by atoms with E-state index in [1.54, 1.807) is 24.5 Å². The molecule has 0 aliphatic rings. The van der Waals surface area contributed by atoms with E-state index in [0.29, 0.717) is 5.01 Å². The summed E-state index contributed by atoms with van der Waals surface area (Å²) in [6.45, 7) is 0.188. The molecule has 0 bridgehead atoms. The van der Waals surface area contributed by atoms with Crippen LogP contribution in [0.4, 0.5) is 0 Å². The Balaban J connectivity index is 1.71. The van der Waals surface area contributed by atoms with Gasteiger partial charge >= 0.3 is 0 Å². The number of rotatable bonds is 4. The Labute approximate surface area is 144 Å². The fraction of sp³-hybridized carbons (Fsp3) is 0.0588. The Bertz CT molecular complexity index is 973. The molecule has 2 heterocycles. The molecule has 3 rings (SSSR count). The number of benzene rings is 1. The molecule has 0 amide bonds. The SMILES string of the molecule is O=S(=O)(NCc1ccncc1)c1csc(C#Cc2ccccc2)n1. The Kier molecular flexibility index (Phi) is 5.01. The average molecular weight is 355 g/mol. The second kappa shape index (κ2) is 7.36. The van der Waals surface area contributed by atoms with Gasteiger partial charge in [-0.25, -0.2) is 18.1 Å². The highest BCUT2D eigenvalue weighted by Gasteiger charge is 2.17. The van der Waals surface area contributed by atoms with Gasteiger partial charge < -0.3 is 0 Å². The molecule has 0 unspecified atom stereocenters. The van der Waals surface area contributed by atoms with Crippen LogP contribution in [0.15, 0.2) is 65.3 Å². The van der Waals surface area contributed by atoms with Crippen LogP contribution in [0.5, 0.6) is 0 Å².